The molecule has 0 heterocycles. The molecule has 0 radical (unpaired) electrons. The predicted octanol–water partition coefficient (Wildman–Crippen LogP) is 4.32. The molecule has 0 fully saturated rings. The smallest absolute Gasteiger partial charge is 0.197 e. The second-order valence-electron chi connectivity index (χ2n) is 4.99. The summed E-state index contributed by atoms with van der Waals surface area (Å²) in [5.74, 6) is 0.693. The maximum atomic E-state index is 12.7. The van der Waals surface area contributed by atoms with Crippen molar-refractivity contribution in [3.8, 4) is 5.75 Å². The highest BCUT2D eigenvalue weighted by Gasteiger charge is 2.16. The Morgan fingerprint density at radius 1 is 1.05 bits per heavy atom. The number of para-hydroxylation sites is 1. The van der Waals surface area contributed by atoms with Crippen molar-refractivity contribution in [2.24, 2.45) is 0 Å². The monoisotopic (exact) mass is 268 g/mol. The topological polar surface area (TPSA) is 26.3 Å². The lowest BCUT2D eigenvalue weighted by atomic mass is 9.97. The highest BCUT2D eigenvalue weighted by molar-refractivity contribution is 6.11. The van der Waals surface area contributed by atoms with Crippen LogP contribution in [0.2, 0.25) is 0 Å². The third kappa shape index (κ3) is 3.08. The number of hydrogen-bond acceptors (Lipinski definition) is 2. The first-order chi connectivity index (χ1) is 9.63. The second-order valence-corrected chi connectivity index (χ2v) is 4.99. The van der Waals surface area contributed by atoms with Crippen LogP contribution in [-0.2, 0) is 0 Å². The van der Waals surface area contributed by atoms with E-state index in [1.165, 1.54) is 0 Å². The van der Waals surface area contributed by atoms with E-state index in [1.807, 2.05) is 56.3 Å². The zero-order chi connectivity index (χ0) is 14.5. The number of ketones is 1. The zero-order valence-electron chi connectivity index (χ0n) is 12.3. The van der Waals surface area contributed by atoms with Crippen LogP contribution in [0.5, 0.6) is 5.75 Å². The normalized spacial score (nSPS) is 10.3. The summed E-state index contributed by atoms with van der Waals surface area (Å²) in [7, 11) is 0. The quantitative estimate of drug-likeness (QED) is 0.755. The Labute approximate surface area is 120 Å². The molecule has 104 valence electrons. The first-order valence-electron chi connectivity index (χ1n) is 6.97. The SMILES string of the molecule is CCCOc1ccccc1C(=O)c1cc(C)ccc1C. The van der Waals surface area contributed by atoms with Crippen LogP contribution in [0.3, 0.4) is 0 Å². The largest absolute Gasteiger partial charge is 0.493 e. The summed E-state index contributed by atoms with van der Waals surface area (Å²) in [6.45, 7) is 6.63. The van der Waals surface area contributed by atoms with Gasteiger partial charge in [0.15, 0.2) is 5.78 Å². The summed E-state index contributed by atoms with van der Waals surface area (Å²) in [6.07, 6.45) is 0.923. The van der Waals surface area contributed by atoms with Crippen molar-refractivity contribution in [3.63, 3.8) is 0 Å². The lowest BCUT2D eigenvalue weighted by Crippen LogP contribution is -2.07. The van der Waals surface area contributed by atoms with E-state index >= 15 is 0 Å². The average molecular weight is 268 g/mol. The second kappa shape index (κ2) is 6.38. The summed E-state index contributed by atoms with van der Waals surface area (Å²) in [4.78, 5) is 12.7. The molecule has 0 aliphatic carbocycles. The van der Waals surface area contributed by atoms with Crippen LogP contribution in [0.15, 0.2) is 42.5 Å². The van der Waals surface area contributed by atoms with E-state index in [9.17, 15) is 4.79 Å². The van der Waals surface area contributed by atoms with Gasteiger partial charge in [0.2, 0.25) is 0 Å². The Balaban J connectivity index is 2.40. The van der Waals surface area contributed by atoms with Crippen LogP contribution in [0.4, 0.5) is 0 Å². The van der Waals surface area contributed by atoms with E-state index in [1.54, 1.807) is 0 Å². The summed E-state index contributed by atoms with van der Waals surface area (Å²) in [5.41, 5.74) is 3.46. The van der Waals surface area contributed by atoms with Crippen molar-refractivity contribution in [1.29, 1.82) is 0 Å². The molecule has 0 aliphatic rings. The molecule has 0 saturated carbocycles. The van der Waals surface area contributed by atoms with Crippen molar-refractivity contribution in [1.82, 2.24) is 0 Å². The molecule has 2 rings (SSSR count). The Hall–Kier alpha value is -2.09. The van der Waals surface area contributed by atoms with Crippen LogP contribution in [-0.4, -0.2) is 12.4 Å². The standard InChI is InChI=1S/C18H20O2/c1-4-11-20-17-8-6-5-7-15(17)18(19)16-12-13(2)9-10-14(16)3/h5-10,12H,4,11H2,1-3H3. The van der Waals surface area contributed by atoms with Crippen molar-refractivity contribution < 1.29 is 9.53 Å². The minimum absolute atomic E-state index is 0.0258. The van der Waals surface area contributed by atoms with Gasteiger partial charge >= 0.3 is 0 Å². The summed E-state index contributed by atoms with van der Waals surface area (Å²) >= 11 is 0. The molecule has 0 saturated heterocycles. The molecular formula is C18H20O2. The first-order valence-corrected chi connectivity index (χ1v) is 6.97. The summed E-state index contributed by atoms with van der Waals surface area (Å²) < 4.78 is 5.68. The molecule has 2 aromatic carbocycles. The Morgan fingerprint density at radius 3 is 2.55 bits per heavy atom. The third-order valence-corrected chi connectivity index (χ3v) is 3.23. The van der Waals surface area contributed by atoms with Gasteiger partial charge in [-0.25, -0.2) is 0 Å². The molecule has 0 aliphatic heterocycles. The Bertz CT molecular complexity index is 615. The van der Waals surface area contributed by atoms with E-state index in [4.69, 9.17) is 4.74 Å². The van der Waals surface area contributed by atoms with Gasteiger partial charge in [-0.05, 0) is 44.0 Å². The number of carbonyl (C=O) groups excluding carboxylic acids is 1. The summed E-state index contributed by atoms with van der Waals surface area (Å²) in [6, 6.07) is 13.4. The van der Waals surface area contributed by atoms with Crippen molar-refractivity contribution in [2.75, 3.05) is 6.61 Å². The van der Waals surface area contributed by atoms with Crippen molar-refractivity contribution >= 4 is 5.78 Å². The zero-order valence-corrected chi connectivity index (χ0v) is 12.3. The molecular weight excluding hydrogens is 248 g/mol. The average Bonchev–Trinajstić information content (AvgIpc) is 2.47. The fourth-order valence-electron chi connectivity index (χ4n) is 2.12. The van der Waals surface area contributed by atoms with Gasteiger partial charge in [0.25, 0.3) is 0 Å². The van der Waals surface area contributed by atoms with E-state index in [0.717, 1.165) is 23.1 Å². The van der Waals surface area contributed by atoms with Crippen molar-refractivity contribution in [3.05, 3.63) is 64.7 Å². The molecule has 0 atom stereocenters. The highest BCUT2D eigenvalue weighted by atomic mass is 16.5. The van der Waals surface area contributed by atoms with Crippen LogP contribution in [0.25, 0.3) is 0 Å². The fraction of sp³-hybridized carbons (Fsp3) is 0.278. The Morgan fingerprint density at radius 2 is 1.80 bits per heavy atom. The number of benzene rings is 2. The fourth-order valence-corrected chi connectivity index (χ4v) is 2.12. The molecule has 0 amide bonds. The minimum Gasteiger partial charge on any atom is -0.493 e. The number of ether oxygens (including phenoxy) is 1. The molecule has 2 aromatic rings. The maximum absolute atomic E-state index is 12.7. The molecule has 2 nitrogen and oxygen atoms in total. The van der Waals surface area contributed by atoms with Gasteiger partial charge in [0, 0.05) is 5.56 Å². The molecule has 2 heteroatoms. The van der Waals surface area contributed by atoms with E-state index in [2.05, 4.69) is 6.92 Å². The minimum atomic E-state index is 0.0258. The van der Waals surface area contributed by atoms with Gasteiger partial charge in [-0.15, -0.1) is 0 Å². The summed E-state index contributed by atoms with van der Waals surface area (Å²) in [5, 5.41) is 0. The lowest BCUT2D eigenvalue weighted by molar-refractivity contribution is 0.103. The molecule has 0 bridgehead atoms. The number of hydrogen-bond donors (Lipinski definition) is 0. The third-order valence-electron chi connectivity index (χ3n) is 3.23. The van der Waals surface area contributed by atoms with E-state index in [-0.39, 0.29) is 5.78 Å². The van der Waals surface area contributed by atoms with E-state index < -0.39 is 0 Å². The number of aryl methyl sites for hydroxylation is 2. The molecule has 0 aromatic heterocycles. The van der Waals surface area contributed by atoms with Gasteiger partial charge in [-0.1, -0.05) is 36.8 Å². The van der Waals surface area contributed by atoms with Crippen LogP contribution in [0.1, 0.15) is 40.4 Å². The molecule has 20 heavy (non-hydrogen) atoms. The van der Waals surface area contributed by atoms with Gasteiger partial charge in [-0.2, -0.15) is 0 Å². The van der Waals surface area contributed by atoms with Gasteiger partial charge in [0.05, 0.1) is 12.2 Å². The van der Waals surface area contributed by atoms with Crippen LogP contribution in [0, 0.1) is 13.8 Å². The van der Waals surface area contributed by atoms with Gasteiger partial charge in [-0.3, -0.25) is 4.79 Å². The number of carbonyl (C=O) groups is 1. The van der Waals surface area contributed by atoms with Crippen LogP contribution < -0.4 is 4.74 Å². The lowest BCUT2D eigenvalue weighted by Gasteiger charge is -2.11. The number of rotatable bonds is 5. The first kappa shape index (κ1) is 14.3. The van der Waals surface area contributed by atoms with Gasteiger partial charge < -0.3 is 4.74 Å². The molecule has 0 spiro atoms. The van der Waals surface area contributed by atoms with Crippen molar-refractivity contribution in [2.45, 2.75) is 27.2 Å². The van der Waals surface area contributed by atoms with E-state index in [0.29, 0.717) is 17.9 Å². The van der Waals surface area contributed by atoms with Gasteiger partial charge in [0.1, 0.15) is 5.75 Å². The molecule has 0 unspecified atom stereocenters. The molecule has 0 N–H and O–H groups in total. The maximum Gasteiger partial charge on any atom is 0.197 e. The highest BCUT2D eigenvalue weighted by Crippen LogP contribution is 2.23. The Kier molecular flexibility index (Phi) is 4.57. The van der Waals surface area contributed by atoms with Crippen LogP contribution >= 0.6 is 0 Å². The predicted molar refractivity (Wildman–Crippen MR) is 81.6 cm³/mol.